The fourth-order valence-corrected chi connectivity index (χ4v) is 7.30. The van der Waals surface area contributed by atoms with Gasteiger partial charge in [0.2, 0.25) is 0 Å². The number of nitrogens with one attached hydrogen (secondary N) is 1. The van der Waals surface area contributed by atoms with Crippen molar-refractivity contribution in [3.8, 4) is 17.3 Å². The monoisotopic (exact) mass is 609 g/mol. The maximum absolute atomic E-state index is 13.3. The van der Waals surface area contributed by atoms with Crippen LogP contribution in [0.4, 0.5) is 5.69 Å². The summed E-state index contributed by atoms with van der Waals surface area (Å²) in [6.07, 6.45) is -5.29. The summed E-state index contributed by atoms with van der Waals surface area (Å²) in [5.41, 5.74) is 3.67. The second-order valence-corrected chi connectivity index (χ2v) is 13.0. The van der Waals surface area contributed by atoms with Gasteiger partial charge in [-0.3, -0.25) is 0 Å². The number of allylic oxidation sites excluding steroid dienone is 2. The minimum absolute atomic E-state index is 0.189. The Morgan fingerprint density at radius 3 is 2.35 bits per heavy atom. The molecule has 2 fully saturated rings. The smallest absolute Gasteiger partial charge is 0.251 e. The van der Waals surface area contributed by atoms with E-state index in [1.54, 1.807) is 26.1 Å². The molecule has 3 aromatic rings. The lowest BCUT2D eigenvalue weighted by atomic mass is 9.96. The molecule has 230 valence electrons. The Balaban J connectivity index is 1.41. The van der Waals surface area contributed by atoms with Crippen molar-refractivity contribution < 1.29 is 28.5 Å². The number of hydrogen-bond acceptors (Lipinski definition) is 9. The van der Waals surface area contributed by atoms with Crippen LogP contribution in [0.3, 0.4) is 0 Å². The van der Waals surface area contributed by atoms with E-state index in [4.69, 9.17) is 4.74 Å². The number of sulfonamides is 1. The highest BCUT2D eigenvalue weighted by Crippen LogP contribution is 2.32. The van der Waals surface area contributed by atoms with E-state index in [9.17, 15) is 29.0 Å². The molecule has 2 saturated heterocycles. The third-order valence-corrected chi connectivity index (χ3v) is 10.1. The number of fused-ring (bicyclic) bond motifs is 1. The maximum Gasteiger partial charge on any atom is 0.251 e. The zero-order chi connectivity index (χ0) is 31.1. The van der Waals surface area contributed by atoms with Crippen LogP contribution in [-0.4, -0.2) is 97.1 Å². The predicted molar refractivity (Wildman–Crippen MR) is 165 cm³/mol. The first-order chi connectivity index (χ1) is 20.4. The number of benzene rings is 2. The summed E-state index contributed by atoms with van der Waals surface area (Å²) < 4.78 is 35.9. The van der Waals surface area contributed by atoms with Crippen LogP contribution in [-0.2, 0) is 21.8 Å². The van der Waals surface area contributed by atoms with E-state index >= 15 is 0 Å². The van der Waals surface area contributed by atoms with Crippen molar-refractivity contribution in [1.29, 1.82) is 5.26 Å². The molecule has 1 aromatic heterocycles. The fraction of sp³-hybridized carbons (Fsp3) is 0.452. The minimum Gasteiger partial charge on any atom is -0.388 e. The molecule has 5 rings (SSSR count). The van der Waals surface area contributed by atoms with Crippen LogP contribution in [0.2, 0.25) is 0 Å². The van der Waals surface area contributed by atoms with E-state index in [-0.39, 0.29) is 5.57 Å². The molecule has 43 heavy (non-hydrogen) atoms. The number of nitrogens with zero attached hydrogens (tertiary/aromatic N) is 4. The summed E-state index contributed by atoms with van der Waals surface area (Å²) in [7, 11) is -0.576. The standard InChI is InChI=1S/C31H39N5O6S/c1-5-26-29(37)30(38)28(31(39)42-26)33-43(40,41)27(18-32)19(2)24-10-11-25(35(24)4)22-7-6-21-17-23(9-8-20(21)16-22)36-14-12-34(3)13-15-36/h6-11,16-17,26,28-31,33,37-39H,5,12-15H2,1-4H3/b27-19+/t26-,28-,29-,30-,31?/m1/s1. The van der Waals surface area contributed by atoms with Crippen LogP contribution in [0, 0.1) is 11.3 Å². The number of aliphatic hydroxyl groups excluding tert-OH is 3. The lowest BCUT2D eigenvalue weighted by Crippen LogP contribution is -2.63. The molecule has 1 unspecified atom stereocenters. The summed E-state index contributed by atoms with van der Waals surface area (Å²) in [5.74, 6) is 0. The van der Waals surface area contributed by atoms with Crippen LogP contribution in [0.15, 0.2) is 53.4 Å². The Kier molecular flexibility index (Phi) is 8.97. The molecule has 5 atom stereocenters. The second-order valence-electron chi connectivity index (χ2n) is 11.4. The van der Waals surface area contributed by atoms with Gasteiger partial charge in [-0.15, -0.1) is 0 Å². The second kappa shape index (κ2) is 12.4. The molecule has 0 amide bonds. The van der Waals surface area contributed by atoms with Crippen molar-refractivity contribution >= 4 is 32.1 Å². The van der Waals surface area contributed by atoms with Crippen molar-refractivity contribution in [2.75, 3.05) is 38.1 Å². The lowest BCUT2D eigenvalue weighted by molar-refractivity contribution is -0.244. The number of aliphatic hydroxyl groups is 3. The fourth-order valence-electron chi connectivity index (χ4n) is 5.94. The Hall–Kier alpha value is -3.28. The summed E-state index contributed by atoms with van der Waals surface area (Å²) >= 11 is 0. The molecule has 0 bridgehead atoms. The van der Waals surface area contributed by atoms with Crippen molar-refractivity contribution in [1.82, 2.24) is 14.2 Å². The number of nitriles is 1. The van der Waals surface area contributed by atoms with Crippen LogP contribution in [0.25, 0.3) is 27.6 Å². The third-order valence-electron chi connectivity index (χ3n) is 8.62. The van der Waals surface area contributed by atoms with Gasteiger partial charge < -0.3 is 34.4 Å². The van der Waals surface area contributed by atoms with Crippen molar-refractivity contribution in [2.45, 2.75) is 50.9 Å². The molecule has 0 spiro atoms. The van der Waals surface area contributed by atoms with Crippen LogP contribution in [0.1, 0.15) is 26.0 Å². The topological polar surface area (TPSA) is 151 Å². The van der Waals surface area contributed by atoms with E-state index < -0.39 is 45.6 Å². The zero-order valence-corrected chi connectivity index (χ0v) is 25.6. The highest BCUT2D eigenvalue weighted by atomic mass is 32.2. The highest BCUT2D eigenvalue weighted by molar-refractivity contribution is 7.93. The van der Waals surface area contributed by atoms with E-state index in [1.807, 2.05) is 16.7 Å². The predicted octanol–water partition coefficient (Wildman–Crippen LogP) is 1.99. The number of aromatic nitrogens is 1. The first-order valence-electron chi connectivity index (χ1n) is 14.4. The number of rotatable bonds is 7. The van der Waals surface area contributed by atoms with Gasteiger partial charge in [-0.1, -0.05) is 25.1 Å². The molecule has 2 aliphatic rings. The number of hydrogen-bond donors (Lipinski definition) is 4. The molecule has 11 nitrogen and oxygen atoms in total. The molecular formula is C31H39N5O6S. The molecular weight excluding hydrogens is 570 g/mol. The molecule has 2 aromatic carbocycles. The molecule has 3 heterocycles. The van der Waals surface area contributed by atoms with Crippen molar-refractivity contribution in [2.24, 2.45) is 7.05 Å². The van der Waals surface area contributed by atoms with Gasteiger partial charge in [-0.05, 0) is 67.1 Å². The number of anilines is 1. The zero-order valence-electron chi connectivity index (χ0n) is 24.8. The molecule has 0 aliphatic carbocycles. The summed E-state index contributed by atoms with van der Waals surface area (Å²) in [4.78, 5) is 4.16. The van der Waals surface area contributed by atoms with E-state index in [2.05, 4.69) is 51.9 Å². The van der Waals surface area contributed by atoms with Gasteiger partial charge in [0, 0.05) is 55.9 Å². The maximum atomic E-state index is 13.3. The van der Waals surface area contributed by atoms with Crippen molar-refractivity contribution in [3.05, 3.63) is 59.1 Å². The molecule has 0 saturated carbocycles. The highest BCUT2D eigenvalue weighted by Gasteiger charge is 2.45. The van der Waals surface area contributed by atoms with Gasteiger partial charge in [0.25, 0.3) is 10.0 Å². The molecule has 4 N–H and O–H groups in total. The number of piperazine rings is 1. The van der Waals surface area contributed by atoms with E-state index in [0.29, 0.717) is 12.1 Å². The minimum atomic E-state index is -4.51. The Morgan fingerprint density at radius 2 is 1.67 bits per heavy atom. The van der Waals surface area contributed by atoms with E-state index in [0.717, 1.165) is 48.2 Å². The van der Waals surface area contributed by atoms with Crippen LogP contribution >= 0.6 is 0 Å². The molecule has 2 aliphatic heterocycles. The first-order valence-corrected chi connectivity index (χ1v) is 15.9. The average Bonchev–Trinajstić information content (AvgIpc) is 3.38. The molecule has 12 heteroatoms. The van der Waals surface area contributed by atoms with Crippen molar-refractivity contribution in [3.63, 3.8) is 0 Å². The molecule has 0 radical (unpaired) electrons. The van der Waals surface area contributed by atoms with Gasteiger partial charge in [-0.2, -0.15) is 9.98 Å². The summed E-state index contributed by atoms with van der Waals surface area (Å²) in [5, 5.41) is 43.2. The summed E-state index contributed by atoms with van der Waals surface area (Å²) in [6, 6.07) is 16.5. The number of likely N-dealkylation sites (N-methyl/N-ethyl adjacent to an activating group) is 1. The van der Waals surface area contributed by atoms with Gasteiger partial charge >= 0.3 is 0 Å². The Labute approximate surface area is 252 Å². The Morgan fingerprint density at radius 1 is 1.00 bits per heavy atom. The van der Waals surface area contributed by atoms with E-state index in [1.165, 1.54) is 12.6 Å². The van der Waals surface area contributed by atoms with Gasteiger partial charge in [0.1, 0.15) is 24.3 Å². The van der Waals surface area contributed by atoms with Gasteiger partial charge in [0.15, 0.2) is 11.2 Å². The van der Waals surface area contributed by atoms with Gasteiger partial charge in [0.05, 0.1) is 6.10 Å². The SMILES string of the molecule is CC[C@H]1OC(O)[C@H](NS(=O)(=O)/C(C#N)=C(\C)c2ccc(-c3ccc4cc(N5CCN(C)CC5)ccc4c3)n2C)[C@@H](O)[C@@H]1O. The largest absolute Gasteiger partial charge is 0.388 e. The third kappa shape index (κ3) is 6.07. The quantitative estimate of drug-likeness (QED) is 0.295. The van der Waals surface area contributed by atoms with Gasteiger partial charge in [-0.25, -0.2) is 8.42 Å². The lowest BCUT2D eigenvalue weighted by Gasteiger charge is -2.40. The first kappa shape index (κ1) is 31.2. The normalized spacial score (nSPS) is 25.9. The summed E-state index contributed by atoms with van der Waals surface area (Å²) in [6.45, 7) is 7.29. The number of ether oxygens (including phenoxy) is 1. The van der Waals surface area contributed by atoms with Crippen LogP contribution in [0.5, 0.6) is 0 Å². The Bertz CT molecular complexity index is 1670. The van der Waals surface area contributed by atoms with Crippen LogP contribution < -0.4 is 9.62 Å². The average molecular weight is 610 g/mol.